The van der Waals surface area contributed by atoms with Gasteiger partial charge in [-0.15, -0.1) is 0 Å². The molecule has 1 aromatic carbocycles. The molecule has 0 bridgehead atoms. The molecule has 0 spiro atoms. The van der Waals surface area contributed by atoms with Crippen LogP contribution in [0.25, 0.3) is 0 Å². The first-order chi connectivity index (χ1) is 7.83. The molecule has 1 rings (SSSR count). The summed E-state index contributed by atoms with van der Waals surface area (Å²) in [5.41, 5.74) is 5.88. The minimum absolute atomic E-state index is 0.0149. The smallest absolute Gasteiger partial charge is 0.242 e. The quantitative estimate of drug-likeness (QED) is 0.700. The van der Waals surface area contributed by atoms with Crippen molar-refractivity contribution >= 4 is 27.3 Å². The van der Waals surface area contributed by atoms with E-state index in [4.69, 9.17) is 22.4 Å². The number of benzene rings is 1. The Labute approximate surface area is 106 Å². The zero-order valence-electron chi connectivity index (χ0n) is 9.35. The van der Waals surface area contributed by atoms with E-state index in [1.54, 1.807) is 6.92 Å². The molecule has 0 saturated carbocycles. The average Bonchev–Trinajstić information content (AvgIpc) is 2.15. The van der Waals surface area contributed by atoms with Crippen molar-refractivity contribution in [3.8, 4) is 0 Å². The Hall–Kier alpha value is -0.820. The van der Waals surface area contributed by atoms with Crippen LogP contribution in [0.5, 0.6) is 0 Å². The van der Waals surface area contributed by atoms with Crippen LogP contribution in [0.1, 0.15) is 13.3 Å². The molecule has 0 heterocycles. The minimum atomic E-state index is -3.65. The van der Waals surface area contributed by atoms with Gasteiger partial charge >= 0.3 is 0 Å². The van der Waals surface area contributed by atoms with Crippen molar-refractivity contribution in [2.24, 2.45) is 0 Å². The highest BCUT2D eigenvalue weighted by Gasteiger charge is 2.17. The van der Waals surface area contributed by atoms with E-state index in [0.29, 0.717) is 12.1 Å². The van der Waals surface area contributed by atoms with Crippen LogP contribution in [0.15, 0.2) is 23.1 Å². The number of hydrogen-bond acceptors (Lipinski definition) is 4. The topological polar surface area (TPSA) is 92.4 Å². The molecule has 1 atom stereocenters. The Balaban J connectivity index is 2.83. The number of sulfonamides is 1. The molecule has 4 N–H and O–H groups in total. The number of nitrogens with one attached hydrogen (secondary N) is 1. The van der Waals surface area contributed by atoms with Gasteiger partial charge in [0.1, 0.15) is 4.90 Å². The highest BCUT2D eigenvalue weighted by Crippen LogP contribution is 2.23. The maximum Gasteiger partial charge on any atom is 0.242 e. The summed E-state index contributed by atoms with van der Waals surface area (Å²) in [6, 6.07) is 4.20. The fraction of sp³-hybridized carbons (Fsp3) is 0.400. The zero-order chi connectivity index (χ0) is 13.1. The lowest BCUT2D eigenvalue weighted by Gasteiger charge is -2.09. The second kappa shape index (κ2) is 5.68. The maximum absolute atomic E-state index is 11.8. The second-order valence-electron chi connectivity index (χ2n) is 3.73. The maximum atomic E-state index is 11.8. The Morgan fingerprint density at radius 2 is 2.18 bits per heavy atom. The Morgan fingerprint density at radius 1 is 1.53 bits per heavy atom. The number of aliphatic hydroxyl groups is 1. The second-order valence-corrected chi connectivity index (χ2v) is 5.87. The molecule has 0 saturated heterocycles. The third-order valence-corrected chi connectivity index (χ3v) is 4.04. The predicted molar refractivity (Wildman–Crippen MR) is 67.4 cm³/mol. The SMILES string of the molecule is CC(O)CCNS(=O)(=O)c1ccc(N)cc1Cl. The summed E-state index contributed by atoms with van der Waals surface area (Å²) >= 11 is 5.81. The molecule has 0 fully saturated rings. The Kier molecular flexibility index (Phi) is 4.76. The summed E-state index contributed by atoms with van der Waals surface area (Å²) in [5, 5.41) is 9.11. The Morgan fingerprint density at radius 3 is 2.71 bits per heavy atom. The summed E-state index contributed by atoms with van der Waals surface area (Å²) in [5.74, 6) is 0. The lowest BCUT2D eigenvalue weighted by Crippen LogP contribution is -2.27. The number of anilines is 1. The van der Waals surface area contributed by atoms with E-state index in [1.807, 2.05) is 0 Å². The van der Waals surface area contributed by atoms with Crippen LogP contribution in [0, 0.1) is 0 Å². The molecule has 0 amide bonds. The Bertz CT molecular complexity index is 488. The molecular formula is C10H15ClN2O3S. The number of rotatable bonds is 5. The number of nitrogens with two attached hydrogens (primary N) is 1. The molecule has 17 heavy (non-hydrogen) atoms. The molecule has 0 aromatic heterocycles. The van der Waals surface area contributed by atoms with Gasteiger partial charge in [-0.1, -0.05) is 11.6 Å². The highest BCUT2D eigenvalue weighted by molar-refractivity contribution is 7.89. The van der Waals surface area contributed by atoms with Gasteiger partial charge in [-0.3, -0.25) is 0 Å². The van der Waals surface area contributed by atoms with Crippen LogP contribution < -0.4 is 10.5 Å². The molecule has 0 radical (unpaired) electrons. The van der Waals surface area contributed by atoms with Gasteiger partial charge in [0.25, 0.3) is 0 Å². The highest BCUT2D eigenvalue weighted by atomic mass is 35.5. The summed E-state index contributed by atoms with van der Waals surface area (Å²) in [7, 11) is -3.65. The van der Waals surface area contributed by atoms with Gasteiger partial charge in [0.2, 0.25) is 10.0 Å². The largest absolute Gasteiger partial charge is 0.399 e. The van der Waals surface area contributed by atoms with Crippen molar-refractivity contribution in [2.75, 3.05) is 12.3 Å². The van der Waals surface area contributed by atoms with Crippen molar-refractivity contribution in [2.45, 2.75) is 24.3 Å². The third-order valence-electron chi connectivity index (χ3n) is 2.10. The van der Waals surface area contributed by atoms with Gasteiger partial charge < -0.3 is 10.8 Å². The first-order valence-electron chi connectivity index (χ1n) is 5.05. The van der Waals surface area contributed by atoms with Crippen molar-refractivity contribution in [1.29, 1.82) is 0 Å². The monoisotopic (exact) mass is 278 g/mol. The lowest BCUT2D eigenvalue weighted by molar-refractivity contribution is 0.186. The van der Waals surface area contributed by atoms with Gasteiger partial charge in [-0.05, 0) is 31.5 Å². The van der Waals surface area contributed by atoms with E-state index in [2.05, 4.69) is 4.72 Å². The van der Waals surface area contributed by atoms with Crippen LogP contribution in [-0.4, -0.2) is 26.2 Å². The van der Waals surface area contributed by atoms with Crippen LogP contribution in [-0.2, 0) is 10.0 Å². The lowest BCUT2D eigenvalue weighted by atomic mass is 10.3. The van der Waals surface area contributed by atoms with Gasteiger partial charge in [0.15, 0.2) is 0 Å². The van der Waals surface area contributed by atoms with E-state index in [9.17, 15) is 8.42 Å². The summed E-state index contributed by atoms with van der Waals surface area (Å²) < 4.78 is 26.0. The van der Waals surface area contributed by atoms with Gasteiger partial charge in [0, 0.05) is 12.2 Å². The first-order valence-corrected chi connectivity index (χ1v) is 6.92. The molecule has 1 aromatic rings. The van der Waals surface area contributed by atoms with Crippen LogP contribution in [0.2, 0.25) is 5.02 Å². The van der Waals surface area contributed by atoms with E-state index in [0.717, 1.165) is 0 Å². The summed E-state index contributed by atoms with van der Waals surface area (Å²) in [6.07, 6.45) is -0.217. The van der Waals surface area contributed by atoms with E-state index < -0.39 is 16.1 Å². The number of nitrogen functional groups attached to an aromatic ring is 1. The van der Waals surface area contributed by atoms with Crippen molar-refractivity contribution in [1.82, 2.24) is 4.72 Å². The molecule has 5 nitrogen and oxygen atoms in total. The molecule has 0 aliphatic heterocycles. The van der Waals surface area contributed by atoms with Crippen molar-refractivity contribution in [3.05, 3.63) is 23.2 Å². The van der Waals surface area contributed by atoms with E-state index in [-0.39, 0.29) is 16.5 Å². The van der Waals surface area contributed by atoms with E-state index >= 15 is 0 Å². The molecule has 0 aliphatic carbocycles. The zero-order valence-corrected chi connectivity index (χ0v) is 10.9. The summed E-state index contributed by atoms with van der Waals surface area (Å²) in [4.78, 5) is -0.0149. The summed E-state index contributed by atoms with van der Waals surface area (Å²) in [6.45, 7) is 1.74. The van der Waals surface area contributed by atoms with Crippen LogP contribution in [0.3, 0.4) is 0 Å². The average molecular weight is 279 g/mol. The third kappa shape index (κ3) is 4.16. The molecule has 7 heteroatoms. The van der Waals surface area contributed by atoms with Crippen molar-refractivity contribution < 1.29 is 13.5 Å². The van der Waals surface area contributed by atoms with Crippen LogP contribution in [0.4, 0.5) is 5.69 Å². The molecule has 1 unspecified atom stereocenters. The number of halogens is 1. The normalized spacial score (nSPS) is 13.6. The van der Waals surface area contributed by atoms with Gasteiger partial charge in [-0.2, -0.15) is 0 Å². The fourth-order valence-electron chi connectivity index (χ4n) is 1.21. The number of aliphatic hydroxyl groups excluding tert-OH is 1. The minimum Gasteiger partial charge on any atom is -0.399 e. The van der Waals surface area contributed by atoms with E-state index in [1.165, 1.54) is 18.2 Å². The standard InChI is InChI=1S/C10H15ClN2O3S/c1-7(14)4-5-13-17(15,16)10-3-2-8(12)6-9(10)11/h2-3,6-7,13-14H,4-5,12H2,1H3. The molecular weight excluding hydrogens is 264 g/mol. The predicted octanol–water partition coefficient (Wildman–Crippen LogP) is 0.971. The van der Waals surface area contributed by atoms with Crippen LogP contribution >= 0.6 is 11.6 Å². The number of hydrogen-bond donors (Lipinski definition) is 3. The first kappa shape index (κ1) is 14.2. The molecule has 96 valence electrons. The fourth-order valence-corrected chi connectivity index (χ4v) is 2.81. The van der Waals surface area contributed by atoms with Gasteiger partial charge in [0.05, 0.1) is 11.1 Å². The van der Waals surface area contributed by atoms with Crippen molar-refractivity contribution in [3.63, 3.8) is 0 Å². The van der Waals surface area contributed by atoms with Gasteiger partial charge in [-0.25, -0.2) is 13.1 Å². The molecule has 0 aliphatic rings.